The van der Waals surface area contributed by atoms with Crippen molar-refractivity contribution in [3.8, 4) is 17.2 Å². The van der Waals surface area contributed by atoms with Crippen molar-refractivity contribution in [1.82, 2.24) is 24.7 Å². The normalized spacial score (nSPS) is 10.8. The summed E-state index contributed by atoms with van der Waals surface area (Å²) in [6.45, 7) is 1.88. The van der Waals surface area contributed by atoms with Gasteiger partial charge in [-0.15, -0.1) is 0 Å². The molecule has 0 amide bonds. The van der Waals surface area contributed by atoms with Crippen molar-refractivity contribution >= 4 is 12.2 Å². The monoisotopic (exact) mass is 275 g/mol. The molecule has 7 heteroatoms. The van der Waals surface area contributed by atoms with E-state index in [1.54, 1.807) is 23.0 Å². The van der Waals surface area contributed by atoms with E-state index in [0.717, 1.165) is 5.69 Å². The number of aryl methyl sites for hydroxylation is 1. The predicted octanol–water partition coefficient (Wildman–Crippen LogP) is 2.77. The van der Waals surface area contributed by atoms with Crippen molar-refractivity contribution in [2.45, 2.75) is 6.92 Å². The Bertz CT molecular complexity index is 785. The fourth-order valence-electron chi connectivity index (χ4n) is 1.89. The summed E-state index contributed by atoms with van der Waals surface area (Å²) in [5.74, 6) is 0.222. The highest BCUT2D eigenvalue weighted by atomic mass is 32.1. The van der Waals surface area contributed by atoms with Gasteiger partial charge in [-0.3, -0.25) is 9.67 Å². The van der Waals surface area contributed by atoms with Gasteiger partial charge in [0, 0.05) is 5.69 Å². The summed E-state index contributed by atoms with van der Waals surface area (Å²) in [5.41, 5.74) is 2.15. The fraction of sp³-hybridized carbons (Fsp3) is 0.0833. The number of hydrogen-bond acceptors (Lipinski definition) is 3. The molecule has 0 radical (unpaired) electrons. The van der Waals surface area contributed by atoms with Gasteiger partial charge >= 0.3 is 0 Å². The fourth-order valence-corrected chi connectivity index (χ4v) is 2.13. The molecule has 1 aromatic carbocycles. The second-order valence-corrected chi connectivity index (χ2v) is 4.43. The molecule has 0 spiro atoms. The van der Waals surface area contributed by atoms with E-state index in [-0.39, 0.29) is 5.82 Å². The molecular formula is C12H10FN5S. The maximum atomic E-state index is 13.3. The molecule has 2 heterocycles. The molecule has 0 saturated heterocycles. The Morgan fingerprint density at radius 1 is 1.37 bits per heavy atom. The third kappa shape index (κ3) is 1.97. The molecular weight excluding hydrogens is 265 g/mol. The number of halogens is 1. The van der Waals surface area contributed by atoms with Gasteiger partial charge in [0.15, 0.2) is 10.6 Å². The van der Waals surface area contributed by atoms with Crippen LogP contribution >= 0.6 is 12.2 Å². The van der Waals surface area contributed by atoms with Crippen LogP contribution in [0.25, 0.3) is 17.2 Å². The van der Waals surface area contributed by atoms with Crippen molar-refractivity contribution in [2.24, 2.45) is 0 Å². The minimum atomic E-state index is -0.328. The van der Waals surface area contributed by atoms with Gasteiger partial charge in [0.2, 0.25) is 0 Å². The maximum Gasteiger partial charge on any atom is 0.200 e. The van der Waals surface area contributed by atoms with Crippen LogP contribution in [0, 0.1) is 17.5 Å². The number of hydrogen-bond donors (Lipinski definition) is 2. The summed E-state index contributed by atoms with van der Waals surface area (Å²) in [6.07, 6.45) is 1.58. The Hall–Kier alpha value is -2.28. The van der Waals surface area contributed by atoms with E-state index in [9.17, 15) is 4.39 Å². The Morgan fingerprint density at radius 2 is 2.21 bits per heavy atom. The Labute approximate surface area is 113 Å². The van der Waals surface area contributed by atoms with Crippen molar-refractivity contribution in [2.75, 3.05) is 0 Å². The summed E-state index contributed by atoms with van der Waals surface area (Å²) in [5, 5.41) is 6.88. The lowest BCUT2D eigenvalue weighted by atomic mass is 10.3. The largest absolute Gasteiger partial charge is 0.348 e. The zero-order chi connectivity index (χ0) is 13.4. The van der Waals surface area contributed by atoms with Gasteiger partial charge < -0.3 is 4.98 Å². The molecule has 19 heavy (non-hydrogen) atoms. The molecule has 3 aromatic rings. The third-order valence-corrected chi connectivity index (χ3v) is 3.05. The molecule has 0 saturated carbocycles. The van der Waals surface area contributed by atoms with Crippen LogP contribution in [0.5, 0.6) is 0 Å². The van der Waals surface area contributed by atoms with Gasteiger partial charge in [-0.1, -0.05) is 6.07 Å². The summed E-state index contributed by atoms with van der Waals surface area (Å²) in [7, 11) is 0. The first-order chi connectivity index (χ1) is 9.16. The maximum absolute atomic E-state index is 13.3. The third-order valence-electron chi connectivity index (χ3n) is 2.78. The number of nitrogens with one attached hydrogen (secondary N) is 2. The number of aromatic amines is 2. The van der Waals surface area contributed by atoms with Crippen LogP contribution in [0.15, 0.2) is 30.6 Å². The topological polar surface area (TPSA) is 62.3 Å². The van der Waals surface area contributed by atoms with Crippen molar-refractivity contribution in [3.63, 3.8) is 0 Å². The average Bonchev–Trinajstić information content (AvgIpc) is 2.95. The van der Waals surface area contributed by atoms with Crippen LogP contribution in [-0.4, -0.2) is 24.7 Å². The molecule has 2 N–H and O–H groups in total. The highest BCUT2D eigenvalue weighted by Gasteiger charge is 2.15. The Balaban J connectivity index is 2.25. The minimum absolute atomic E-state index is 0.328. The smallest absolute Gasteiger partial charge is 0.200 e. The van der Waals surface area contributed by atoms with Crippen LogP contribution in [0.4, 0.5) is 4.39 Å². The summed E-state index contributed by atoms with van der Waals surface area (Å²) < 4.78 is 15.4. The van der Waals surface area contributed by atoms with E-state index >= 15 is 0 Å². The van der Waals surface area contributed by atoms with Crippen LogP contribution in [0.2, 0.25) is 0 Å². The SMILES string of the molecule is Cc1[nH]cnc1-c1n[nH]c(=S)n1-c1cccc(F)c1. The number of rotatable bonds is 2. The molecule has 0 bridgehead atoms. The highest BCUT2D eigenvalue weighted by molar-refractivity contribution is 7.71. The lowest BCUT2D eigenvalue weighted by Gasteiger charge is -2.05. The molecule has 3 rings (SSSR count). The van der Waals surface area contributed by atoms with Gasteiger partial charge in [0.05, 0.1) is 12.0 Å². The molecule has 0 unspecified atom stereocenters. The van der Waals surface area contributed by atoms with E-state index in [2.05, 4.69) is 20.2 Å². The molecule has 0 aliphatic rings. The molecule has 0 aliphatic carbocycles. The minimum Gasteiger partial charge on any atom is -0.348 e. The van der Waals surface area contributed by atoms with Gasteiger partial charge in [-0.25, -0.2) is 9.37 Å². The van der Waals surface area contributed by atoms with Crippen LogP contribution in [-0.2, 0) is 0 Å². The average molecular weight is 275 g/mol. The summed E-state index contributed by atoms with van der Waals surface area (Å²) in [6, 6.07) is 6.17. The van der Waals surface area contributed by atoms with Gasteiger partial charge in [-0.05, 0) is 37.3 Å². The second-order valence-electron chi connectivity index (χ2n) is 4.04. The van der Waals surface area contributed by atoms with Gasteiger partial charge in [-0.2, -0.15) is 5.10 Å². The van der Waals surface area contributed by atoms with E-state index in [1.165, 1.54) is 12.1 Å². The van der Waals surface area contributed by atoms with Crippen molar-refractivity contribution < 1.29 is 4.39 Å². The molecule has 0 aliphatic heterocycles. The molecule has 96 valence electrons. The molecule has 0 atom stereocenters. The second kappa shape index (κ2) is 4.43. The number of H-pyrrole nitrogens is 2. The highest BCUT2D eigenvalue weighted by Crippen LogP contribution is 2.22. The number of nitrogens with zero attached hydrogens (tertiary/aromatic N) is 3. The zero-order valence-electron chi connectivity index (χ0n) is 10.0. The molecule has 5 nitrogen and oxygen atoms in total. The first-order valence-corrected chi connectivity index (χ1v) is 6.01. The van der Waals surface area contributed by atoms with E-state index in [0.29, 0.717) is 22.0 Å². The van der Waals surface area contributed by atoms with Crippen LogP contribution < -0.4 is 0 Å². The van der Waals surface area contributed by atoms with Crippen LogP contribution in [0.1, 0.15) is 5.69 Å². The number of aromatic nitrogens is 5. The van der Waals surface area contributed by atoms with Crippen LogP contribution in [0.3, 0.4) is 0 Å². The number of imidazole rings is 1. The summed E-state index contributed by atoms with van der Waals surface area (Å²) in [4.78, 5) is 7.19. The number of benzene rings is 1. The quantitative estimate of drug-likeness (QED) is 0.707. The summed E-state index contributed by atoms with van der Waals surface area (Å²) >= 11 is 5.20. The van der Waals surface area contributed by atoms with E-state index in [4.69, 9.17) is 12.2 Å². The predicted molar refractivity (Wildman–Crippen MR) is 71.0 cm³/mol. The first kappa shape index (κ1) is 11.8. The lowest BCUT2D eigenvalue weighted by Crippen LogP contribution is -1.99. The van der Waals surface area contributed by atoms with Crippen molar-refractivity contribution in [1.29, 1.82) is 0 Å². The van der Waals surface area contributed by atoms with Crippen molar-refractivity contribution in [3.05, 3.63) is 46.9 Å². The van der Waals surface area contributed by atoms with E-state index < -0.39 is 0 Å². The van der Waals surface area contributed by atoms with E-state index in [1.807, 2.05) is 6.92 Å². The molecule has 0 fully saturated rings. The standard InChI is InChI=1S/C12H10FN5S/c1-7-10(15-6-14-7)11-16-17-12(19)18(11)9-4-2-3-8(13)5-9/h2-6H,1H3,(H,14,15)(H,17,19). The lowest BCUT2D eigenvalue weighted by molar-refractivity contribution is 0.626. The Kier molecular flexibility index (Phi) is 2.75. The molecule has 2 aromatic heterocycles. The zero-order valence-corrected chi connectivity index (χ0v) is 10.8. The van der Waals surface area contributed by atoms with Gasteiger partial charge in [0.25, 0.3) is 0 Å². The first-order valence-electron chi connectivity index (χ1n) is 5.60. The Morgan fingerprint density at radius 3 is 2.89 bits per heavy atom. The van der Waals surface area contributed by atoms with Gasteiger partial charge in [0.1, 0.15) is 11.5 Å².